The van der Waals surface area contributed by atoms with Crippen LogP contribution >= 0.6 is 11.6 Å². The largest absolute Gasteiger partial charge is 0.448 e. The van der Waals surface area contributed by atoms with Crippen LogP contribution in [0.2, 0.25) is 5.22 Å². The molecule has 0 amide bonds. The Kier molecular flexibility index (Phi) is 2.79. The molecule has 2 aromatic rings. The maximum atomic E-state index is 5.74. The van der Waals surface area contributed by atoms with Gasteiger partial charge in [-0.3, -0.25) is 0 Å². The van der Waals surface area contributed by atoms with E-state index >= 15 is 0 Å². The van der Waals surface area contributed by atoms with E-state index in [1.54, 1.807) is 12.3 Å². The van der Waals surface area contributed by atoms with Crippen molar-refractivity contribution < 1.29 is 4.42 Å². The van der Waals surface area contributed by atoms with E-state index in [0.29, 0.717) is 5.22 Å². The summed E-state index contributed by atoms with van der Waals surface area (Å²) < 4.78 is 7.31. The van der Waals surface area contributed by atoms with E-state index in [-0.39, 0.29) is 6.04 Å². The number of aryl methyl sites for hydroxylation is 1. The molecule has 0 aliphatic carbocycles. The molecular formula is C10H12ClN3O. The van der Waals surface area contributed by atoms with Crippen molar-refractivity contribution in [1.29, 1.82) is 0 Å². The molecule has 2 rings (SSSR count). The van der Waals surface area contributed by atoms with Gasteiger partial charge in [-0.25, -0.2) is 4.98 Å². The number of nitrogens with one attached hydrogen (secondary N) is 1. The highest BCUT2D eigenvalue weighted by molar-refractivity contribution is 6.28. The number of aromatic nitrogens is 2. The topological polar surface area (TPSA) is 43.0 Å². The number of rotatable bonds is 3. The van der Waals surface area contributed by atoms with Gasteiger partial charge in [-0.15, -0.1) is 0 Å². The first kappa shape index (κ1) is 10.3. The molecular weight excluding hydrogens is 214 g/mol. The fourth-order valence-corrected chi connectivity index (χ4v) is 1.69. The Labute approximate surface area is 92.9 Å². The molecule has 1 N–H and O–H groups in total. The van der Waals surface area contributed by atoms with Gasteiger partial charge in [-0.2, -0.15) is 0 Å². The molecule has 1 atom stereocenters. The van der Waals surface area contributed by atoms with Gasteiger partial charge in [0.25, 0.3) is 0 Å². The molecule has 2 aromatic heterocycles. The lowest BCUT2D eigenvalue weighted by Crippen LogP contribution is -2.20. The summed E-state index contributed by atoms with van der Waals surface area (Å²) in [6, 6.07) is 3.50. The molecule has 5 heteroatoms. The number of hydrogen-bond acceptors (Lipinski definition) is 3. The zero-order chi connectivity index (χ0) is 10.8. The Balaban J connectivity index is 2.36. The van der Waals surface area contributed by atoms with Gasteiger partial charge in [0.05, 0.1) is 0 Å². The zero-order valence-electron chi connectivity index (χ0n) is 8.57. The molecule has 0 aliphatic heterocycles. The van der Waals surface area contributed by atoms with Crippen LogP contribution in [-0.2, 0) is 7.05 Å². The second-order valence-corrected chi connectivity index (χ2v) is 3.63. The lowest BCUT2D eigenvalue weighted by atomic mass is 10.2. The Morgan fingerprint density at radius 3 is 2.80 bits per heavy atom. The van der Waals surface area contributed by atoms with Gasteiger partial charge in [0.15, 0.2) is 5.22 Å². The number of halogens is 1. The highest BCUT2D eigenvalue weighted by Gasteiger charge is 2.19. The monoisotopic (exact) mass is 225 g/mol. The van der Waals surface area contributed by atoms with Crippen LogP contribution in [-0.4, -0.2) is 16.6 Å². The standard InChI is InChI=1S/C10H12ClN3O/c1-12-9(7-3-4-8(11)15-7)10-13-5-6-14(10)2/h3-6,9,12H,1-2H3. The van der Waals surface area contributed by atoms with Gasteiger partial charge in [0, 0.05) is 19.4 Å². The Morgan fingerprint density at radius 1 is 1.53 bits per heavy atom. The summed E-state index contributed by atoms with van der Waals surface area (Å²) >= 11 is 5.74. The van der Waals surface area contributed by atoms with Crippen molar-refractivity contribution >= 4 is 11.6 Å². The third-order valence-electron chi connectivity index (χ3n) is 2.28. The van der Waals surface area contributed by atoms with Crippen molar-refractivity contribution in [3.8, 4) is 0 Å². The van der Waals surface area contributed by atoms with E-state index < -0.39 is 0 Å². The van der Waals surface area contributed by atoms with Crippen LogP contribution in [0.4, 0.5) is 0 Å². The third kappa shape index (κ3) is 1.91. The van der Waals surface area contributed by atoms with Crippen LogP contribution in [0.3, 0.4) is 0 Å². The molecule has 1 unspecified atom stereocenters. The summed E-state index contributed by atoms with van der Waals surface area (Å²) in [6.45, 7) is 0. The molecule has 0 bridgehead atoms. The quantitative estimate of drug-likeness (QED) is 0.869. The fraction of sp³-hybridized carbons (Fsp3) is 0.300. The summed E-state index contributed by atoms with van der Waals surface area (Å²) in [7, 11) is 3.80. The Hall–Kier alpha value is -1.26. The van der Waals surface area contributed by atoms with Crippen LogP contribution in [0.5, 0.6) is 0 Å². The van der Waals surface area contributed by atoms with Gasteiger partial charge in [0.2, 0.25) is 0 Å². The van der Waals surface area contributed by atoms with E-state index in [1.165, 1.54) is 0 Å². The van der Waals surface area contributed by atoms with Crippen LogP contribution in [0.25, 0.3) is 0 Å². The van der Waals surface area contributed by atoms with E-state index in [4.69, 9.17) is 16.0 Å². The van der Waals surface area contributed by atoms with Crippen LogP contribution in [0.1, 0.15) is 17.6 Å². The normalized spacial score (nSPS) is 13.0. The average molecular weight is 226 g/mol. The van der Waals surface area contributed by atoms with Gasteiger partial charge in [0.1, 0.15) is 17.6 Å². The van der Waals surface area contributed by atoms with E-state index in [0.717, 1.165) is 11.6 Å². The predicted octanol–water partition coefficient (Wildman–Crippen LogP) is 1.98. The molecule has 0 fully saturated rings. The Bertz CT molecular complexity index is 449. The lowest BCUT2D eigenvalue weighted by Gasteiger charge is -2.12. The molecule has 15 heavy (non-hydrogen) atoms. The van der Waals surface area contributed by atoms with Gasteiger partial charge in [-0.05, 0) is 30.8 Å². The van der Waals surface area contributed by atoms with Crippen molar-refractivity contribution in [3.05, 3.63) is 41.3 Å². The molecule has 0 aliphatic rings. The minimum Gasteiger partial charge on any atom is -0.448 e. The first-order chi connectivity index (χ1) is 7.22. The zero-order valence-corrected chi connectivity index (χ0v) is 9.32. The van der Waals surface area contributed by atoms with Crippen molar-refractivity contribution in [2.45, 2.75) is 6.04 Å². The highest BCUT2D eigenvalue weighted by atomic mass is 35.5. The molecule has 0 saturated carbocycles. The van der Waals surface area contributed by atoms with Gasteiger partial charge < -0.3 is 14.3 Å². The molecule has 0 aromatic carbocycles. The number of hydrogen-bond donors (Lipinski definition) is 1. The summed E-state index contributed by atoms with van der Waals surface area (Å²) in [5.41, 5.74) is 0. The summed E-state index contributed by atoms with van der Waals surface area (Å²) in [5.74, 6) is 1.65. The maximum Gasteiger partial charge on any atom is 0.193 e. The summed E-state index contributed by atoms with van der Waals surface area (Å²) in [5, 5.41) is 3.53. The average Bonchev–Trinajstić information content (AvgIpc) is 2.79. The maximum absolute atomic E-state index is 5.74. The summed E-state index contributed by atoms with van der Waals surface area (Å²) in [6.07, 6.45) is 3.65. The van der Waals surface area contributed by atoms with E-state index in [1.807, 2.05) is 30.9 Å². The van der Waals surface area contributed by atoms with Crippen molar-refractivity contribution in [1.82, 2.24) is 14.9 Å². The molecule has 80 valence electrons. The second-order valence-electron chi connectivity index (χ2n) is 3.26. The molecule has 0 spiro atoms. The minimum absolute atomic E-state index is 0.0718. The van der Waals surface area contributed by atoms with Gasteiger partial charge >= 0.3 is 0 Å². The first-order valence-corrected chi connectivity index (χ1v) is 5.00. The number of nitrogens with zero attached hydrogens (tertiary/aromatic N) is 2. The van der Waals surface area contributed by atoms with Crippen molar-refractivity contribution in [2.24, 2.45) is 7.05 Å². The lowest BCUT2D eigenvalue weighted by molar-refractivity contribution is 0.449. The summed E-state index contributed by atoms with van der Waals surface area (Å²) in [4.78, 5) is 4.27. The molecule has 4 nitrogen and oxygen atoms in total. The first-order valence-electron chi connectivity index (χ1n) is 4.62. The second kappa shape index (κ2) is 4.08. The fourth-order valence-electron chi connectivity index (χ4n) is 1.54. The number of imidazole rings is 1. The molecule has 0 radical (unpaired) electrons. The molecule has 2 heterocycles. The SMILES string of the molecule is CNC(c1ccc(Cl)o1)c1nccn1C. The van der Waals surface area contributed by atoms with Crippen molar-refractivity contribution in [3.63, 3.8) is 0 Å². The van der Waals surface area contributed by atoms with E-state index in [2.05, 4.69) is 10.3 Å². The predicted molar refractivity (Wildman–Crippen MR) is 57.8 cm³/mol. The van der Waals surface area contributed by atoms with Crippen LogP contribution in [0, 0.1) is 0 Å². The van der Waals surface area contributed by atoms with Crippen LogP contribution < -0.4 is 5.32 Å². The Morgan fingerprint density at radius 2 is 2.33 bits per heavy atom. The number of furan rings is 1. The van der Waals surface area contributed by atoms with Gasteiger partial charge in [-0.1, -0.05) is 0 Å². The minimum atomic E-state index is -0.0718. The third-order valence-corrected chi connectivity index (χ3v) is 2.49. The smallest absolute Gasteiger partial charge is 0.193 e. The molecule has 0 saturated heterocycles. The van der Waals surface area contributed by atoms with Crippen molar-refractivity contribution in [2.75, 3.05) is 7.05 Å². The highest BCUT2D eigenvalue weighted by Crippen LogP contribution is 2.24. The van der Waals surface area contributed by atoms with Crippen LogP contribution in [0.15, 0.2) is 28.9 Å². The van der Waals surface area contributed by atoms with E-state index in [9.17, 15) is 0 Å².